The third-order valence-corrected chi connectivity index (χ3v) is 6.19. The molecule has 1 fully saturated rings. The summed E-state index contributed by atoms with van der Waals surface area (Å²) in [4.78, 5) is 23.2. The minimum Gasteiger partial charge on any atom is -0.457 e. The summed E-state index contributed by atoms with van der Waals surface area (Å²) < 4.78 is 8.01. The summed E-state index contributed by atoms with van der Waals surface area (Å²) >= 11 is 0. The van der Waals surface area contributed by atoms with E-state index in [2.05, 4.69) is 45.6 Å². The number of aromatic nitrogens is 3. The van der Waals surface area contributed by atoms with Crippen molar-refractivity contribution < 1.29 is 9.53 Å². The summed E-state index contributed by atoms with van der Waals surface area (Å²) in [6.45, 7) is 4.39. The van der Waals surface area contributed by atoms with Gasteiger partial charge in [0.05, 0.1) is 11.0 Å². The highest BCUT2D eigenvalue weighted by atomic mass is 16.5. The van der Waals surface area contributed by atoms with Crippen molar-refractivity contribution in [1.82, 2.24) is 19.9 Å². The molecule has 2 aromatic carbocycles. The Morgan fingerprint density at radius 2 is 1.82 bits per heavy atom. The molecule has 0 saturated carbocycles. The second kappa shape index (κ2) is 9.05. The number of amides is 1. The van der Waals surface area contributed by atoms with Crippen molar-refractivity contribution in [3.63, 3.8) is 0 Å². The fourth-order valence-electron chi connectivity index (χ4n) is 4.33. The summed E-state index contributed by atoms with van der Waals surface area (Å²) in [5.41, 5.74) is 5.69. The van der Waals surface area contributed by atoms with Crippen LogP contribution < -0.4 is 20.3 Å². The number of rotatable bonds is 6. The van der Waals surface area contributed by atoms with Gasteiger partial charge in [0.25, 0.3) is 5.91 Å². The van der Waals surface area contributed by atoms with E-state index < -0.39 is 0 Å². The van der Waals surface area contributed by atoms with Crippen LogP contribution in [0.4, 0.5) is 17.3 Å². The van der Waals surface area contributed by atoms with E-state index >= 15 is 0 Å². The van der Waals surface area contributed by atoms with Crippen molar-refractivity contribution in [3.8, 4) is 11.5 Å². The molecule has 174 valence electrons. The molecule has 0 bridgehead atoms. The van der Waals surface area contributed by atoms with Crippen LogP contribution in [-0.4, -0.2) is 40.6 Å². The molecule has 0 radical (unpaired) electrons. The predicted molar refractivity (Wildman–Crippen MR) is 134 cm³/mol. The zero-order valence-electron chi connectivity index (χ0n) is 19.6. The first-order chi connectivity index (χ1) is 16.5. The molecule has 2 aromatic heterocycles. The van der Waals surface area contributed by atoms with Gasteiger partial charge in [-0.05, 0) is 55.7 Å². The lowest BCUT2D eigenvalue weighted by atomic mass is 10.1. The van der Waals surface area contributed by atoms with Gasteiger partial charge in [-0.15, -0.1) is 0 Å². The number of benzene rings is 2. The SMILES string of the molecule is CNC(=O)c1cc(Oc2ccc3c(c2)nc(Nc2ccc(C)c(N4CCCC4)c2)n3C)ccn1. The molecule has 1 aliphatic rings. The molecular formula is C26H28N6O2. The van der Waals surface area contributed by atoms with Crippen LogP contribution in [0.25, 0.3) is 11.0 Å². The van der Waals surface area contributed by atoms with Gasteiger partial charge < -0.3 is 24.8 Å². The molecule has 8 heteroatoms. The normalized spacial score (nSPS) is 13.3. The minimum atomic E-state index is -0.259. The Bertz CT molecular complexity index is 1360. The molecule has 4 aromatic rings. The van der Waals surface area contributed by atoms with Crippen molar-refractivity contribution >= 4 is 34.3 Å². The third kappa shape index (κ3) is 4.26. The zero-order chi connectivity index (χ0) is 23.7. The number of hydrogen-bond donors (Lipinski definition) is 2. The summed E-state index contributed by atoms with van der Waals surface area (Å²) in [7, 11) is 3.56. The highest BCUT2D eigenvalue weighted by molar-refractivity contribution is 5.92. The number of fused-ring (bicyclic) bond motifs is 1. The first kappa shape index (κ1) is 21.8. The van der Waals surface area contributed by atoms with Gasteiger partial charge in [0, 0.05) is 56.9 Å². The molecule has 5 rings (SSSR count). The van der Waals surface area contributed by atoms with Gasteiger partial charge >= 0.3 is 0 Å². The maximum Gasteiger partial charge on any atom is 0.269 e. The highest BCUT2D eigenvalue weighted by Crippen LogP contribution is 2.31. The maximum absolute atomic E-state index is 11.8. The van der Waals surface area contributed by atoms with Crippen LogP contribution in [0.2, 0.25) is 0 Å². The first-order valence-corrected chi connectivity index (χ1v) is 11.5. The maximum atomic E-state index is 11.8. The third-order valence-electron chi connectivity index (χ3n) is 6.19. The van der Waals surface area contributed by atoms with Crippen LogP contribution >= 0.6 is 0 Å². The Morgan fingerprint density at radius 3 is 2.62 bits per heavy atom. The number of pyridine rings is 1. The smallest absolute Gasteiger partial charge is 0.269 e. The van der Waals surface area contributed by atoms with Crippen molar-refractivity contribution in [2.45, 2.75) is 19.8 Å². The summed E-state index contributed by atoms with van der Waals surface area (Å²) in [5.74, 6) is 1.67. The Balaban J connectivity index is 1.39. The quantitative estimate of drug-likeness (QED) is 0.435. The molecule has 2 N–H and O–H groups in total. The molecular weight excluding hydrogens is 428 g/mol. The Hall–Kier alpha value is -4.07. The molecule has 1 amide bonds. The molecule has 3 heterocycles. The van der Waals surface area contributed by atoms with E-state index in [9.17, 15) is 4.79 Å². The zero-order valence-corrected chi connectivity index (χ0v) is 19.6. The largest absolute Gasteiger partial charge is 0.457 e. The van der Waals surface area contributed by atoms with Gasteiger partial charge in [-0.25, -0.2) is 4.98 Å². The number of imidazole rings is 1. The number of nitrogens with one attached hydrogen (secondary N) is 2. The number of aryl methyl sites for hydroxylation is 2. The van der Waals surface area contributed by atoms with Gasteiger partial charge in [-0.1, -0.05) is 6.07 Å². The Kier molecular flexibility index (Phi) is 5.79. The van der Waals surface area contributed by atoms with E-state index in [1.165, 1.54) is 24.1 Å². The van der Waals surface area contributed by atoms with Crippen molar-refractivity contribution in [1.29, 1.82) is 0 Å². The highest BCUT2D eigenvalue weighted by Gasteiger charge is 2.16. The van der Waals surface area contributed by atoms with Crippen LogP contribution in [0, 0.1) is 6.92 Å². The molecule has 0 spiro atoms. The number of nitrogens with zero attached hydrogens (tertiary/aromatic N) is 4. The second-order valence-electron chi connectivity index (χ2n) is 8.52. The summed E-state index contributed by atoms with van der Waals surface area (Å²) in [6, 6.07) is 15.6. The van der Waals surface area contributed by atoms with E-state index in [-0.39, 0.29) is 5.91 Å². The number of hydrogen-bond acceptors (Lipinski definition) is 6. The summed E-state index contributed by atoms with van der Waals surface area (Å²) in [6.07, 6.45) is 4.05. The van der Waals surface area contributed by atoms with Gasteiger partial charge in [0.2, 0.25) is 5.95 Å². The number of carbonyl (C=O) groups is 1. The van der Waals surface area contributed by atoms with E-state index in [0.29, 0.717) is 17.2 Å². The lowest BCUT2D eigenvalue weighted by Gasteiger charge is -2.21. The standard InChI is InChI=1S/C26H28N6O2/c1-17-6-7-18(14-24(17)32-12-4-5-13-32)29-26-30-21-15-19(8-9-23(21)31(26)3)34-20-10-11-28-22(16-20)25(33)27-2/h6-11,14-16H,4-5,12-13H2,1-3H3,(H,27,33)(H,29,30). The minimum absolute atomic E-state index is 0.259. The number of anilines is 3. The van der Waals surface area contributed by atoms with Crippen molar-refractivity contribution in [3.05, 3.63) is 66.0 Å². The van der Waals surface area contributed by atoms with Crippen molar-refractivity contribution in [2.75, 3.05) is 30.4 Å². The van der Waals surface area contributed by atoms with E-state index in [1.54, 1.807) is 25.4 Å². The topological polar surface area (TPSA) is 84.3 Å². The first-order valence-electron chi connectivity index (χ1n) is 11.5. The Labute approximate surface area is 198 Å². The van der Waals surface area contributed by atoms with E-state index in [4.69, 9.17) is 9.72 Å². The van der Waals surface area contributed by atoms with Gasteiger partial charge in [-0.3, -0.25) is 9.78 Å². The summed E-state index contributed by atoms with van der Waals surface area (Å²) in [5, 5.41) is 6.05. The number of ether oxygens (including phenoxy) is 1. The number of carbonyl (C=O) groups excluding carboxylic acids is 1. The Morgan fingerprint density at radius 1 is 1.03 bits per heavy atom. The lowest BCUT2D eigenvalue weighted by Crippen LogP contribution is -2.18. The van der Waals surface area contributed by atoms with Gasteiger partial charge in [0.1, 0.15) is 17.2 Å². The van der Waals surface area contributed by atoms with Gasteiger partial charge in [0.15, 0.2) is 0 Å². The predicted octanol–water partition coefficient (Wildman–Crippen LogP) is 4.77. The fourth-order valence-corrected chi connectivity index (χ4v) is 4.33. The molecule has 8 nitrogen and oxygen atoms in total. The molecule has 0 aliphatic carbocycles. The molecule has 1 saturated heterocycles. The fraction of sp³-hybridized carbons (Fsp3) is 0.269. The molecule has 1 aliphatic heterocycles. The van der Waals surface area contributed by atoms with Crippen LogP contribution in [0.3, 0.4) is 0 Å². The van der Waals surface area contributed by atoms with E-state index in [1.807, 2.05) is 29.8 Å². The average Bonchev–Trinajstić information content (AvgIpc) is 3.48. The second-order valence-corrected chi connectivity index (χ2v) is 8.52. The van der Waals surface area contributed by atoms with Crippen LogP contribution in [0.1, 0.15) is 28.9 Å². The monoisotopic (exact) mass is 456 g/mol. The molecule has 0 unspecified atom stereocenters. The van der Waals surface area contributed by atoms with Crippen LogP contribution in [0.15, 0.2) is 54.7 Å². The van der Waals surface area contributed by atoms with Crippen LogP contribution in [-0.2, 0) is 7.05 Å². The van der Waals surface area contributed by atoms with Crippen LogP contribution in [0.5, 0.6) is 11.5 Å². The van der Waals surface area contributed by atoms with Crippen molar-refractivity contribution in [2.24, 2.45) is 7.05 Å². The lowest BCUT2D eigenvalue weighted by molar-refractivity contribution is 0.0958. The molecule has 0 atom stereocenters. The van der Waals surface area contributed by atoms with E-state index in [0.717, 1.165) is 35.8 Å². The van der Waals surface area contributed by atoms with Gasteiger partial charge in [-0.2, -0.15) is 0 Å². The average molecular weight is 457 g/mol. The molecule has 34 heavy (non-hydrogen) atoms.